The maximum atomic E-state index is 12.6. The van der Waals surface area contributed by atoms with Gasteiger partial charge in [-0.2, -0.15) is 13.2 Å². The number of aryl methyl sites for hydroxylation is 1. The van der Waals surface area contributed by atoms with Crippen molar-refractivity contribution in [2.45, 2.75) is 24.0 Å². The molecule has 3 aromatic rings. The summed E-state index contributed by atoms with van der Waals surface area (Å²) in [5, 5.41) is -0.0170. The number of alkyl halides is 3. The summed E-state index contributed by atoms with van der Waals surface area (Å²) in [5.41, 5.74) is 0.564. The third-order valence-corrected chi connectivity index (χ3v) is 4.11. The van der Waals surface area contributed by atoms with E-state index in [1.165, 1.54) is 10.5 Å². The van der Waals surface area contributed by atoms with Gasteiger partial charge in [0.1, 0.15) is 11.3 Å². The van der Waals surface area contributed by atoms with Crippen molar-refractivity contribution in [3.8, 4) is 0 Å². The maximum absolute atomic E-state index is 12.6. The largest absolute Gasteiger partial charge is 0.433 e. The van der Waals surface area contributed by atoms with Gasteiger partial charge >= 0.3 is 6.18 Å². The SMILES string of the molecule is Cc1cccn2c(=O)cc(CSc3nccc(C(F)(F)F)n3)nc12. The van der Waals surface area contributed by atoms with Gasteiger partial charge in [-0.3, -0.25) is 9.20 Å². The molecule has 0 N–H and O–H groups in total. The number of nitrogens with zero attached hydrogens (tertiary/aromatic N) is 4. The van der Waals surface area contributed by atoms with E-state index in [4.69, 9.17) is 0 Å². The molecular weight excluding hydrogens is 341 g/mol. The van der Waals surface area contributed by atoms with Crippen LogP contribution in [0.1, 0.15) is 17.0 Å². The lowest BCUT2D eigenvalue weighted by Crippen LogP contribution is -2.15. The van der Waals surface area contributed by atoms with Crippen LogP contribution in [-0.2, 0) is 11.9 Å². The van der Waals surface area contributed by atoms with Crippen molar-refractivity contribution in [2.24, 2.45) is 0 Å². The van der Waals surface area contributed by atoms with Crippen molar-refractivity contribution in [1.29, 1.82) is 0 Å². The van der Waals surface area contributed by atoms with Gasteiger partial charge in [-0.15, -0.1) is 0 Å². The van der Waals surface area contributed by atoms with E-state index in [-0.39, 0.29) is 16.5 Å². The van der Waals surface area contributed by atoms with Crippen LogP contribution in [0.4, 0.5) is 13.2 Å². The summed E-state index contributed by atoms with van der Waals surface area (Å²) in [6.07, 6.45) is -1.84. The lowest BCUT2D eigenvalue weighted by atomic mass is 10.3. The molecule has 24 heavy (non-hydrogen) atoms. The van der Waals surface area contributed by atoms with Gasteiger partial charge in [0.15, 0.2) is 5.16 Å². The third kappa shape index (κ3) is 3.40. The van der Waals surface area contributed by atoms with Gasteiger partial charge in [0.2, 0.25) is 0 Å². The van der Waals surface area contributed by atoms with Crippen molar-refractivity contribution in [1.82, 2.24) is 19.4 Å². The number of hydrogen-bond acceptors (Lipinski definition) is 5. The van der Waals surface area contributed by atoms with Gasteiger partial charge in [0.05, 0.1) is 5.69 Å². The molecule has 3 rings (SSSR count). The van der Waals surface area contributed by atoms with E-state index in [1.54, 1.807) is 12.3 Å². The second-order valence-electron chi connectivity index (χ2n) is 4.98. The smallest absolute Gasteiger partial charge is 0.269 e. The Bertz CT molecular complexity index is 955. The Morgan fingerprint density at radius 1 is 1.25 bits per heavy atom. The fourth-order valence-electron chi connectivity index (χ4n) is 2.09. The summed E-state index contributed by atoms with van der Waals surface area (Å²) in [5.74, 6) is 0.196. The molecule has 0 bridgehead atoms. The van der Waals surface area contributed by atoms with Crippen LogP contribution >= 0.6 is 11.8 Å². The Balaban J connectivity index is 1.86. The first-order chi connectivity index (χ1) is 11.3. The number of pyridine rings is 1. The molecule has 0 saturated carbocycles. The van der Waals surface area contributed by atoms with Crippen molar-refractivity contribution >= 4 is 17.4 Å². The summed E-state index contributed by atoms with van der Waals surface area (Å²) < 4.78 is 39.4. The highest BCUT2D eigenvalue weighted by Gasteiger charge is 2.32. The number of fused-ring (bicyclic) bond motifs is 1. The predicted molar refractivity (Wildman–Crippen MR) is 82.8 cm³/mol. The zero-order valence-corrected chi connectivity index (χ0v) is 13.2. The molecule has 124 valence electrons. The molecule has 5 nitrogen and oxygen atoms in total. The number of rotatable bonds is 3. The van der Waals surface area contributed by atoms with Crippen LogP contribution in [0.3, 0.4) is 0 Å². The van der Waals surface area contributed by atoms with Crippen LogP contribution in [0.25, 0.3) is 5.65 Å². The summed E-state index contributed by atoms with van der Waals surface area (Å²) in [6, 6.07) is 5.74. The van der Waals surface area contributed by atoms with Crippen LogP contribution in [0.5, 0.6) is 0 Å². The summed E-state index contributed by atoms with van der Waals surface area (Å²) in [6.45, 7) is 1.83. The average Bonchev–Trinajstić information content (AvgIpc) is 2.53. The summed E-state index contributed by atoms with van der Waals surface area (Å²) >= 11 is 0.994. The molecule has 0 saturated heterocycles. The monoisotopic (exact) mass is 352 g/mol. The zero-order valence-electron chi connectivity index (χ0n) is 12.4. The van der Waals surface area contributed by atoms with Crippen LogP contribution in [0.2, 0.25) is 0 Å². The minimum absolute atomic E-state index is 0.0170. The molecule has 3 aromatic heterocycles. The van der Waals surface area contributed by atoms with E-state index in [9.17, 15) is 18.0 Å². The molecule has 0 spiro atoms. The number of aromatic nitrogens is 4. The second-order valence-corrected chi connectivity index (χ2v) is 5.92. The quantitative estimate of drug-likeness (QED) is 0.535. The number of thioether (sulfide) groups is 1. The first kappa shape index (κ1) is 16.4. The fraction of sp³-hybridized carbons (Fsp3) is 0.200. The van der Waals surface area contributed by atoms with Gasteiger partial charge in [0, 0.05) is 24.2 Å². The first-order valence-corrected chi connectivity index (χ1v) is 7.84. The Hall–Kier alpha value is -2.42. The normalized spacial score (nSPS) is 11.8. The third-order valence-electron chi connectivity index (χ3n) is 3.21. The van der Waals surface area contributed by atoms with Gasteiger partial charge in [-0.1, -0.05) is 17.8 Å². The number of hydrogen-bond donors (Lipinski definition) is 0. The molecule has 0 aliphatic carbocycles. The molecule has 0 amide bonds. The van der Waals surface area contributed by atoms with E-state index < -0.39 is 11.9 Å². The number of halogens is 3. The van der Waals surface area contributed by atoms with Gasteiger partial charge in [-0.05, 0) is 24.6 Å². The summed E-state index contributed by atoms with van der Waals surface area (Å²) in [7, 11) is 0. The average molecular weight is 352 g/mol. The van der Waals surface area contributed by atoms with Crippen LogP contribution in [0, 0.1) is 6.92 Å². The Morgan fingerprint density at radius 3 is 2.79 bits per heavy atom. The highest BCUT2D eigenvalue weighted by atomic mass is 32.2. The van der Waals surface area contributed by atoms with E-state index in [1.807, 2.05) is 13.0 Å². The Kier molecular flexibility index (Phi) is 4.27. The van der Waals surface area contributed by atoms with Gasteiger partial charge in [-0.25, -0.2) is 15.0 Å². The molecule has 0 radical (unpaired) electrons. The lowest BCUT2D eigenvalue weighted by molar-refractivity contribution is -0.141. The lowest BCUT2D eigenvalue weighted by Gasteiger charge is -2.07. The highest BCUT2D eigenvalue weighted by molar-refractivity contribution is 7.98. The standard InChI is InChI=1S/C15H11F3N4OS/c1-9-3-2-6-22-12(23)7-10(20-13(9)22)8-24-14-19-5-4-11(21-14)15(16,17)18/h2-7H,8H2,1H3. The van der Waals surface area contributed by atoms with E-state index in [2.05, 4.69) is 15.0 Å². The second kappa shape index (κ2) is 6.23. The van der Waals surface area contributed by atoms with Crippen molar-refractivity contribution < 1.29 is 13.2 Å². The first-order valence-electron chi connectivity index (χ1n) is 6.85. The van der Waals surface area contributed by atoms with Crippen molar-refractivity contribution in [3.63, 3.8) is 0 Å². The molecule has 0 aromatic carbocycles. The minimum atomic E-state index is -4.52. The fourth-order valence-corrected chi connectivity index (χ4v) is 2.81. The van der Waals surface area contributed by atoms with Crippen LogP contribution in [0.15, 0.2) is 46.6 Å². The molecular formula is C15H11F3N4OS. The van der Waals surface area contributed by atoms with E-state index in [0.717, 1.165) is 29.6 Å². The van der Waals surface area contributed by atoms with Crippen molar-refractivity contribution in [3.05, 3.63) is 64.0 Å². The van der Waals surface area contributed by atoms with E-state index >= 15 is 0 Å². The molecule has 3 heterocycles. The molecule has 0 atom stereocenters. The van der Waals surface area contributed by atoms with Gasteiger partial charge < -0.3 is 0 Å². The molecule has 0 fully saturated rings. The minimum Gasteiger partial charge on any atom is -0.269 e. The molecule has 0 aliphatic rings. The van der Waals surface area contributed by atoms with Crippen molar-refractivity contribution in [2.75, 3.05) is 0 Å². The Labute approximate surface area is 138 Å². The Morgan fingerprint density at radius 2 is 2.04 bits per heavy atom. The predicted octanol–water partition coefficient (Wildman–Crippen LogP) is 3.10. The van der Waals surface area contributed by atoms with E-state index in [0.29, 0.717) is 11.3 Å². The topological polar surface area (TPSA) is 60.2 Å². The van der Waals surface area contributed by atoms with Crippen LogP contribution in [-0.4, -0.2) is 19.4 Å². The maximum Gasteiger partial charge on any atom is 0.433 e. The highest BCUT2D eigenvalue weighted by Crippen LogP contribution is 2.28. The molecule has 0 unspecified atom stereocenters. The zero-order chi connectivity index (χ0) is 17.3. The molecule has 0 aliphatic heterocycles. The van der Waals surface area contributed by atoms with Crippen LogP contribution < -0.4 is 5.56 Å². The molecule has 9 heteroatoms. The summed E-state index contributed by atoms with van der Waals surface area (Å²) in [4.78, 5) is 23.8. The van der Waals surface area contributed by atoms with Gasteiger partial charge in [0.25, 0.3) is 5.56 Å².